The van der Waals surface area contributed by atoms with Gasteiger partial charge in [0.2, 0.25) is 0 Å². The Kier molecular flexibility index (Phi) is 3.34. The van der Waals surface area contributed by atoms with E-state index in [0.717, 1.165) is 0 Å². The lowest BCUT2D eigenvalue weighted by Crippen LogP contribution is -2.11. The molecule has 1 aromatic carbocycles. The third kappa shape index (κ3) is 2.80. The Bertz CT molecular complexity index is 303. The van der Waals surface area contributed by atoms with Crippen molar-refractivity contribution in [3.05, 3.63) is 35.9 Å². The van der Waals surface area contributed by atoms with Gasteiger partial charge in [0.25, 0.3) is 0 Å². The van der Waals surface area contributed by atoms with Crippen LogP contribution in [0.15, 0.2) is 30.3 Å². The van der Waals surface area contributed by atoms with Crippen molar-refractivity contribution in [2.24, 2.45) is 0 Å². The van der Waals surface area contributed by atoms with E-state index in [0.29, 0.717) is 5.56 Å². The summed E-state index contributed by atoms with van der Waals surface area (Å²) in [6.07, 6.45) is -0.222. The van der Waals surface area contributed by atoms with Crippen LogP contribution in [0.3, 0.4) is 0 Å². The molecule has 0 bridgehead atoms. The monoisotopic (exact) mass is 178 g/mol. The van der Waals surface area contributed by atoms with Crippen LogP contribution < -0.4 is 0 Å². The molecule has 3 nitrogen and oxygen atoms in total. The Morgan fingerprint density at radius 2 is 1.77 bits per heavy atom. The molecule has 68 valence electrons. The van der Waals surface area contributed by atoms with Crippen molar-refractivity contribution in [1.29, 1.82) is 0 Å². The van der Waals surface area contributed by atoms with Crippen LogP contribution in [0.25, 0.3) is 0 Å². The van der Waals surface area contributed by atoms with Crippen LogP contribution in [0.1, 0.15) is 16.8 Å². The third-order valence-corrected chi connectivity index (χ3v) is 1.63. The highest BCUT2D eigenvalue weighted by Crippen LogP contribution is 2.02. The Balaban J connectivity index is 2.65. The van der Waals surface area contributed by atoms with Gasteiger partial charge in [-0.2, -0.15) is 0 Å². The summed E-state index contributed by atoms with van der Waals surface area (Å²) in [5.74, 6) is -0.700. The summed E-state index contributed by atoms with van der Waals surface area (Å²) >= 11 is 0. The molecule has 0 spiro atoms. The molecule has 0 aliphatic carbocycles. The molecule has 0 atom stereocenters. The van der Waals surface area contributed by atoms with Crippen LogP contribution in [0.5, 0.6) is 0 Å². The fourth-order valence-corrected chi connectivity index (χ4v) is 0.961. The summed E-state index contributed by atoms with van der Waals surface area (Å²) in [6.45, 7) is -0.571. The van der Waals surface area contributed by atoms with Crippen LogP contribution in [0, 0.1) is 0 Å². The van der Waals surface area contributed by atoms with Crippen molar-refractivity contribution in [3.8, 4) is 0 Å². The van der Waals surface area contributed by atoms with E-state index in [4.69, 9.17) is 5.11 Å². The molecule has 0 radical (unpaired) electrons. The van der Waals surface area contributed by atoms with Gasteiger partial charge in [-0.25, -0.2) is 0 Å². The van der Waals surface area contributed by atoms with E-state index in [9.17, 15) is 9.59 Å². The van der Waals surface area contributed by atoms with Gasteiger partial charge >= 0.3 is 0 Å². The molecule has 0 unspecified atom stereocenters. The summed E-state index contributed by atoms with van der Waals surface area (Å²) in [6, 6.07) is 8.55. The van der Waals surface area contributed by atoms with Gasteiger partial charge in [-0.05, 0) is 0 Å². The van der Waals surface area contributed by atoms with Gasteiger partial charge in [-0.3, -0.25) is 9.59 Å². The van der Waals surface area contributed by atoms with Crippen LogP contribution in [-0.4, -0.2) is 23.3 Å². The van der Waals surface area contributed by atoms with Gasteiger partial charge in [0.15, 0.2) is 11.6 Å². The minimum atomic E-state index is -0.571. The lowest BCUT2D eigenvalue weighted by atomic mass is 10.1. The van der Waals surface area contributed by atoms with Crippen molar-refractivity contribution < 1.29 is 14.7 Å². The molecule has 1 N–H and O–H groups in total. The minimum Gasteiger partial charge on any atom is -0.389 e. The number of hydrogen-bond acceptors (Lipinski definition) is 3. The summed E-state index contributed by atoms with van der Waals surface area (Å²) in [4.78, 5) is 22.0. The Hall–Kier alpha value is -1.48. The zero-order valence-corrected chi connectivity index (χ0v) is 7.06. The maximum atomic E-state index is 11.3. The normalized spacial score (nSPS) is 9.62. The minimum absolute atomic E-state index is 0.222. The van der Waals surface area contributed by atoms with Crippen molar-refractivity contribution >= 4 is 11.6 Å². The summed E-state index contributed by atoms with van der Waals surface area (Å²) in [7, 11) is 0. The maximum absolute atomic E-state index is 11.3. The van der Waals surface area contributed by atoms with Crippen molar-refractivity contribution in [2.45, 2.75) is 6.42 Å². The van der Waals surface area contributed by atoms with E-state index in [1.165, 1.54) is 0 Å². The van der Waals surface area contributed by atoms with Gasteiger partial charge in [0, 0.05) is 5.56 Å². The van der Waals surface area contributed by atoms with Crippen molar-refractivity contribution in [2.75, 3.05) is 6.61 Å². The highest BCUT2D eigenvalue weighted by molar-refractivity contribution is 6.08. The van der Waals surface area contributed by atoms with Gasteiger partial charge < -0.3 is 5.11 Å². The van der Waals surface area contributed by atoms with Crippen molar-refractivity contribution in [1.82, 2.24) is 0 Å². The zero-order valence-electron chi connectivity index (χ0n) is 7.06. The van der Waals surface area contributed by atoms with Crippen molar-refractivity contribution in [3.63, 3.8) is 0 Å². The van der Waals surface area contributed by atoms with E-state index in [-0.39, 0.29) is 12.2 Å². The lowest BCUT2D eigenvalue weighted by Gasteiger charge is -1.97. The molecule has 1 rings (SSSR count). The average molecular weight is 178 g/mol. The molecular weight excluding hydrogens is 168 g/mol. The fraction of sp³-hybridized carbons (Fsp3) is 0.200. The third-order valence-electron chi connectivity index (χ3n) is 1.63. The average Bonchev–Trinajstić information content (AvgIpc) is 2.19. The number of carbonyl (C=O) groups excluding carboxylic acids is 2. The molecular formula is C10H10O3. The first-order valence-electron chi connectivity index (χ1n) is 3.95. The standard InChI is InChI=1S/C10H10O3/c11-7-9(12)6-10(13)8-4-2-1-3-5-8/h1-5,11H,6-7H2. The predicted octanol–water partition coefficient (Wildman–Crippen LogP) is 0.821. The Morgan fingerprint density at radius 3 is 2.31 bits per heavy atom. The van der Waals surface area contributed by atoms with Crippen LogP contribution >= 0.6 is 0 Å². The second-order valence-corrected chi connectivity index (χ2v) is 2.66. The van der Waals surface area contributed by atoms with Gasteiger partial charge in [0.05, 0.1) is 6.42 Å². The molecule has 0 fully saturated rings. The number of benzene rings is 1. The topological polar surface area (TPSA) is 54.4 Å². The first kappa shape index (κ1) is 9.61. The quantitative estimate of drug-likeness (QED) is 0.548. The molecule has 0 aliphatic heterocycles. The molecule has 0 saturated carbocycles. The maximum Gasteiger partial charge on any atom is 0.170 e. The summed E-state index contributed by atoms with van der Waals surface area (Å²) < 4.78 is 0. The highest BCUT2D eigenvalue weighted by atomic mass is 16.3. The first-order chi connectivity index (χ1) is 6.24. The Morgan fingerprint density at radius 1 is 1.15 bits per heavy atom. The molecule has 0 heterocycles. The summed E-state index contributed by atoms with van der Waals surface area (Å²) in [5, 5.41) is 8.43. The number of Topliss-reactive ketones (excluding diaryl/α,β-unsaturated/α-hetero) is 2. The molecule has 1 aromatic rings. The van der Waals surface area contributed by atoms with E-state index in [1.807, 2.05) is 0 Å². The summed E-state index contributed by atoms with van der Waals surface area (Å²) in [5.41, 5.74) is 0.504. The molecule has 0 aromatic heterocycles. The van der Waals surface area contributed by atoms with Crippen LogP contribution in [0.2, 0.25) is 0 Å². The van der Waals surface area contributed by atoms with E-state index >= 15 is 0 Å². The molecule has 13 heavy (non-hydrogen) atoms. The first-order valence-corrected chi connectivity index (χ1v) is 3.95. The predicted molar refractivity (Wildman–Crippen MR) is 47.5 cm³/mol. The molecule has 0 aliphatic rings. The Labute approximate surface area is 76.0 Å². The molecule has 0 amide bonds. The van der Waals surface area contributed by atoms with Crippen LogP contribution in [-0.2, 0) is 4.79 Å². The molecule has 0 saturated heterocycles. The van der Waals surface area contributed by atoms with E-state index < -0.39 is 12.4 Å². The number of carbonyl (C=O) groups is 2. The SMILES string of the molecule is O=C(CO)CC(=O)c1ccccc1. The van der Waals surface area contributed by atoms with Gasteiger partial charge in [-0.1, -0.05) is 30.3 Å². The smallest absolute Gasteiger partial charge is 0.170 e. The molecule has 3 heteroatoms. The number of aliphatic hydroxyl groups excluding tert-OH is 1. The number of rotatable bonds is 4. The largest absolute Gasteiger partial charge is 0.389 e. The highest BCUT2D eigenvalue weighted by Gasteiger charge is 2.09. The van der Waals surface area contributed by atoms with E-state index in [1.54, 1.807) is 30.3 Å². The van der Waals surface area contributed by atoms with E-state index in [2.05, 4.69) is 0 Å². The zero-order chi connectivity index (χ0) is 9.68. The van der Waals surface area contributed by atoms with Gasteiger partial charge in [-0.15, -0.1) is 0 Å². The second kappa shape index (κ2) is 4.52. The second-order valence-electron chi connectivity index (χ2n) is 2.66. The van der Waals surface area contributed by atoms with Crippen LogP contribution in [0.4, 0.5) is 0 Å². The number of aliphatic hydroxyl groups is 1. The fourth-order valence-electron chi connectivity index (χ4n) is 0.961. The lowest BCUT2D eigenvalue weighted by molar-refractivity contribution is -0.120. The van der Waals surface area contributed by atoms with Gasteiger partial charge in [0.1, 0.15) is 6.61 Å². The number of hydrogen-bond donors (Lipinski definition) is 1. The number of ketones is 2.